The van der Waals surface area contributed by atoms with Crippen LogP contribution in [0.15, 0.2) is 53.1 Å². The van der Waals surface area contributed by atoms with Gasteiger partial charge in [-0.2, -0.15) is 4.98 Å². The summed E-state index contributed by atoms with van der Waals surface area (Å²) in [5, 5.41) is 4.10. The van der Waals surface area contributed by atoms with Crippen LogP contribution >= 0.6 is 0 Å². The zero-order chi connectivity index (χ0) is 22.6. The van der Waals surface area contributed by atoms with Crippen LogP contribution in [0.25, 0.3) is 11.4 Å². The lowest BCUT2D eigenvalue weighted by atomic mass is 9.91. The van der Waals surface area contributed by atoms with Gasteiger partial charge in [0, 0.05) is 31.5 Å². The molecule has 1 aliphatic heterocycles. The van der Waals surface area contributed by atoms with Crippen LogP contribution in [0.2, 0.25) is 0 Å². The number of ether oxygens (including phenoxy) is 2. The summed E-state index contributed by atoms with van der Waals surface area (Å²) in [5.74, 6) is 2.53. The van der Waals surface area contributed by atoms with Crippen molar-refractivity contribution in [1.82, 2.24) is 15.0 Å². The van der Waals surface area contributed by atoms with Crippen molar-refractivity contribution in [3.8, 4) is 22.9 Å². The first-order valence-corrected chi connectivity index (χ1v) is 10.9. The van der Waals surface area contributed by atoms with Gasteiger partial charge in [0.15, 0.2) is 11.5 Å². The van der Waals surface area contributed by atoms with Gasteiger partial charge in [0.2, 0.25) is 24.4 Å². The number of amides is 1. The number of aromatic nitrogens is 2. The second kappa shape index (κ2) is 9.42. The van der Waals surface area contributed by atoms with Crippen LogP contribution in [-0.4, -0.2) is 40.8 Å². The van der Waals surface area contributed by atoms with E-state index in [4.69, 9.17) is 14.0 Å². The molecule has 0 aliphatic carbocycles. The fraction of sp³-hybridized carbons (Fsp3) is 0.400. The summed E-state index contributed by atoms with van der Waals surface area (Å²) in [4.78, 5) is 19.4. The molecule has 1 aliphatic rings. The number of carbonyl (C=O) groups is 1. The van der Waals surface area contributed by atoms with Crippen LogP contribution in [0, 0.1) is 5.41 Å². The van der Waals surface area contributed by atoms with Crippen molar-refractivity contribution in [3.63, 3.8) is 0 Å². The van der Waals surface area contributed by atoms with E-state index in [1.807, 2.05) is 41.3 Å². The van der Waals surface area contributed by atoms with E-state index >= 15 is 0 Å². The summed E-state index contributed by atoms with van der Waals surface area (Å²) in [6.07, 6.45) is 1.80. The quantitative estimate of drug-likeness (QED) is 0.518. The Hall–Kier alpha value is -3.35. The Morgan fingerprint density at radius 3 is 2.53 bits per heavy atom. The molecule has 0 bridgehead atoms. The highest BCUT2D eigenvalue weighted by Gasteiger charge is 2.22. The molecule has 0 N–H and O–H groups in total. The first kappa shape index (κ1) is 21.9. The summed E-state index contributed by atoms with van der Waals surface area (Å²) >= 11 is 0. The smallest absolute Gasteiger partial charge is 0.231 e. The highest BCUT2D eigenvalue weighted by atomic mass is 16.7. The van der Waals surface area contributed by atoms with Gasteiger partial charge < -0.3 is 18.9 Å². The van der Waals surface area contributed by atoms with Crippen molar-refractivity contribution in [2.24, 2.45) is 5.41 Å². The predicted molar refractivity (Wildman–Crippen MR) is 120 cm³/mol. The Bertz CT molecular complexity index is 1060. The van der Waals surface area contributed by atoms with Gasteiger partial charge >= 0.3 is 0 Å². The summed E-state index contributed by atoms with van der Waals surface area (Å²) in [5.41, 5.74) is 1.94. The van der Waals surface area contributed by atoms with Gasteiger partial charge in [-0.3, -0.25) is 4.79 Å². The number of rotatable bonds is 8. The number of benzene rings is 2. The molecule has 0 atom stereocenters. The maximum atomic E-state index is 13.0. The Balaban J connectivity index is 1.41. The highest BCUT2D eigenvalue weighted by Crippen LogP contribution is 2.35. The average molecular weight is 436 g/mol. The third kappa shape index (κ3) is 5.66. The number of nitrogens with zero attached hydrogens (tertiary/aromatic N) is 3. The van der Waals surface area contributed by atoms with Crippen LogP contribution in [0.1, 0.15) is 38.6 Å². The lowest BCUT2D eigenvalue weighted by Crippen LogP contribution is -2.36. The molecular weight excluding hydrogens is 406 g/mol. The van der Waals surface area contributed by atoms with E-state index in [9.17, 15) is 4.79 Å². The SMILES string of the molecule is CC(C)(C)CC(=O)N(CCc1ccccc1)CCc1nc(-c2ccc3c(c2)OCO3)no1. The molecule has 0 saturated heterocycles. The van der Waals surface area contributed by atoms with Gasteiger partial charge in [0.05, 0.1) is 0 Å². The lowest BCUT2D eigenvalue weighted by Gasteiger charge is -2.26. The van der Waals surface area contributed by atoms with E-state index in [1.54, 1.807) is 0 Å². The first-order valence-electron chi connectivity index (χ1n) is 10.9. The Labute approximate surface area is 188 Å². The Kier molecular flexibility index (Phi) is 6.44. The Morgan fingerprint density at radius 2 is 1.75 bits per heavy atom. The molecule has 4 rings (SSSR count). The average Bonchev–Trinajstić information content (AvgIpc) is 3.42. The third-order valence-electron chi connectivity index (χ3n) is 5.24. The summed E-state index contributed by atoms with van der Waals surface area (Å²) in [6.45, 7) is 7.64. The molecule has 0 radical (unpaired) electrons. The maximum Gasteiger partial charge on any atom is 0.231 e. The summed E-state index contributed by atoms with van der Waals surface area (Å²) in [7, 11) is 0. The molecule has 0 saturated carbocycles. The predicted octanol–water partition coefficient (Wildman–Crippen LogP) is 4.52. The monoisotopic (exact) mass is 435 g/mol. The molecule has 168 valence electrons. The lowest BCUT2D eigenvalue weighted by molar-refractivity contribution is -0.133. The van der Waals surface area contributed by atoms with Crippen LogP contribution in [0.4, 0.5) is 0 Å². The molecule has 0 unspecified atom stereocenters. The number of carbonyl (C=O) groups excluding carboxylic acids is 1. The third-order valence-corrected chi connectivity index (χ3v) is 5.24. The minimum atomic E-state index is -0.0703. The Morgan fingerprint density at radius 1 is 1.00 bits per heavy atom. The normalized spacial score (nSPS) is 12.7. The molecule has 32 heavy (non-hydrogen) atoms. The largest absolute Gasteiger partial charge is 0.454 e. The van der Waals surface area contributed by atoms with Gasteiger partial charge in [-0.05, 0) is 35.6 Å². The number of fused-ring (bicyclic) bond motifs is 1. The van der Waals surface area contributed by atoms with Crippen LogP contribution in [0.5, 0.6) is 11.5 Å². The maximum absolute atomic E-state index is 13.0. The van der Waals surface area contributed by atoms with E-state index in [0.717, 1.165) is 12.0 Å². The molecule has 3 aromatic rings. The molecule has 2 heterocycles. The van der Waals surface area contributed by atoms with E-state index < -0.39 is 0 Å². The highest BCUT2D eigenvalue weighted by molar-refractivity contribution is 5.76. The van der Waals surface area contributed by atoms with E-state index in [1.165, 1.54) is 5.56 Å². The van der Waals surface area contributed by atoms with Crippen molar-refractivity contribution < 1.29 is 18.8 Å². The van der Waals surface area contributed by atoms with Gasteiger partial charge in [0.1, 0.15) is 0 Å². The van der Waals surface area contributed by atoms with Crippen LogP contribution in [-0.2, 0) is 17.6 Å². The molecule has 1 amide bonds. The van der Waals surface area contributed by atoms with Gasteiger partial charge in [-0.25, -0.2) is 0 Å². The van der Waals surface area contributed by atoms with Crippen molar-refractivity contribution in [1.29, 1.82) is 0 Å². The molecule has 1 aromatic heterocycles. The topological polar surface area (TPSA) is 77.7 Å². The molecule has 2 aromatic carbocycles. The zero-order valence-corrected chi connectivity index (χ0v) is 18.8. The van der Waals surface area contributed by atoms with Gasteiger partial charge in [-0.1, -0.05) is 56.3 Å². The van der Waals surface area contributed by atoms with Gasteiger partial charge in [-0.15, -0.1) is 0 Å². The van der Waals surface area contributed by atoms with Crippen LogP contribution < -0.4 is 9.47 Å². The summed E-state index contributed by atoms with van der Waals surface area (Å²) in [6, 6.07) is 15.8. The number of hydrogen-bond donors (Lipinski definition) is 0. The van der Waals surface area contributed by atoms with Crippen molar-refractivity contribution >= 4 is 5.91 Å². The molecule has 0 spiro atoms. The van der Waals surface area contributed by atoms with Crippen LogP contribution in [0.3, 0.4) is 0 Å². The fourth-order valence-electron chi connectivity index (χ4n) is 3.58. The van der Waals surface area contributed by atoms with E-state index in [2.05, 4.69) is 43.0 Å². The minimum absolute atomic E-state index is 0.0703. The molecular formula is C25H29N3O4. The van der Waals surface area contributed by atoms with E-state index in [-0.39, 0.29) is 18.1 Å². The minimum Gasteiger partial charge on any atom is -0.454 e. The first-order chi connectivity index (χ1) is 15.4. The van der Waals surface area contributed by atoms with Crippen molar-refractivity contribution in [3.05, 3.63) is 60.0 Å². The molecule has 0 fully saturated rings. The van der Waals surface area contributed by atoms with Crippen molar-refractivity contribution in [2.75, 3.05) is 19.9 Å². The van der Waals surface area contributed by atoms with E-state index in [0.29, 0.717) is 49.1 Å². The second-order valence-corrected chi connectivity index (χ2v) is 9.18. The summed E-state index contributed by atoms with van der Waals surface area (Å²) < 4.78 is 16.2. The molecule has 7 heteroatoms. The van der Waals surface area contributed by atoms with Gasteiger partial charge in [0.25, 0.3) is 0 Å². The standard InChI is InChI=1S/C25H29N3O4/c1-25(2,3)16-23(29)28(13-11-18-7-5-4-6-8-18)14-12-22-26-24(27-32-22)19-9-10-20-21(15-19)31-17-30-20/h4-10,15H,11-14,16-17H2,1-3H3. The van der Waals surface area contributed by atoms with Crippen molar-refractivity contribution in [2.45, 2.75) is 40.0 Å². The fourth-order valence-corrected chi connectivity index (χ4v) is 3.58. The molecule has 7 nitrogen and oxygen atoms in total. The second-order valence-electron chi connectivity index (χ2n) is 9.18. The number of hydrogen-bond acceptors (Lipinski definition) is 6. The zero-order valence-electron chi connectivity index (χ0n) is 18.8.